The number of rotatable bonds is 8. The van der Waals surface area contributed by atoms with Crippen molar-refractivity contribution in [3.8, 4) is 5.75 Å². The van der Waals surface area contributed by atoms with Gasteiger partial charge in [-0.1, -0.05) is 47.1 Å². The van der Waals surface area contributed by atoms with Gasteiger partial charge in [-0.05, 0) is 43.0 Å². The molecule has 0 amide bonds. The number of hydrogen-bond donors (Lipinski definition) is 2. The van der Waals surface area contributed by atoms with Gasteiger partial charge in [0.05, 0.1) is 0 Å². The molecular formula is C19H32N2O. The quantitative estimate of drug-likeness (QED) is 0.684. The van der Waals surface area contributed by atoms with Crippen LogP contribution < -0.4 is 0 Å². The Kier molecular flexibility index (Phi) is 7.08. The maximum absolute atomic E-state index is 10.4. The molecule has 0 atom stereocenters. The summed E-state index contributed by atoms with van der Waals surface area (Å²) in [6, 6.07) is 4.04. The van der Waals surface area contributed by atoms with Crippen LogP contribution in [-0.2, 0) is 12.0 Å². The van der Waals surface area contributed by atoms with E-state index in [1.165, 1.54) is 24.6 Å². The molecule has 0 aliphatic heterocycles. The molecule has 3 heteroatoms. The minimum absolute atomic E-state index is 0.0131. The second-order valence-electron chi connectivity index (χ2n) is 7.10. The monoisotopic (exact) mass is 304 g/mol. The van der Waals surface area contributed by atoms with E-state index in [1.54, 1.807) is 0 Å². The van der Waals surface area contributed by atoms with Gasteiger partial charge in [0.1, 0.15) is 5.75 Å². The van der Waals surface area contributed by atoms with E-state index in [2.05, 4.69) is 45.6 Å². The van der Waals surface area contributed by atoms with E-state index in [4.69, 9.17) is 5.41 Å². The van der Waals surface area contributed by atoms with Crippen LogP contribution in [0.2, 0.25) is 0 Å². The lowest BCUT2D eigenvalue weighted by Gasteiger charge is -2.25. The van der Waals surface area contributed by atoms with Crippen LogP contribution in [0.25, 0.3) is 0 Å². The predicted octanol–water partition coefficient (Wildman–Crippen LogP) is 4.70. The van der Waals surface area contributed by atoms with Gasteiger partial charge in [-0.15, -0.1) is 0 Å². The molecule has 0 unspecified atom stereocenters. The first-order chi connectivity index (χ1) is 10.3. The molecule has 0 saturated heterocycles. The molecule has 22 heavy (non-hydrogen) atoms. The summed E-state index contributed by atoms with van der Waals surface area (Å²) in [6.45, 7) is 13.7. The number of phenolic OH excluding ortho intramolecular Hbond substituents is 1. The minimum atomic E-state index is 0.0131. The molecule has 0 bridgehead atoms. The highest BCUT2D eigenvalue weighted by molar-refractivity contribution is 5.82. The summed E-state index contributed by atoms with van der Waals surface area (Å²) in [5.74, 6) is 0.264. The summed E-state index contributed by atoms with van der Waals surface area (Å²) < 4.78 is 0. The highest BCUT2D eigenvalue weighted by Gasteiger charge is 2.19. The first kappa shape index (κ1) is 18.7. The number of benzene rings is 1. The topological polar surface area (TPSA) is 47.3 Å². The van der Waals surface area contributed by atoms with Crippen molar-refractivity contribution in [2.24, 2.45) is 0 Å². The lowest BCUT2D eigenvalue weighted by atomic mass is 9.84. The third-order valence-corrected chi connectivity index (χ3v) is 4.00. The molecular weight excluding hydrogens is 272 g/mol. The standard InChI is InChI=1S/C19H32N2O/c1-6-8-10-21(9-7-2)14-16-12-17(19(3,4)5)11-15(13-20)18(16)22/h11-13,20,22H,6-10,14H2,1-5H3. The molecule has 0 aliphatic rings. The van der Waals surface area contributed by atoms with E-state index in [9.17, 15) is 5.11 Å². The van der Waals surface area contributed by atoms with Crippen molar-refractivity contribution in [1.29, 1.82) is 5.41 Å². The van der Waals surface area contributed by atoms with Crippen molar-refractivity contribution in [2.45, 2.75) is 65.8 Å². The Hall–Kier alpha value is -1.35. The van der Waals surface area contributed by atoms with Crippen LogP contribution in [0.5, 0.6) is 5.75 Å². The first-order valence-corrected chi connectivity index (χ1v) is 8.42. The van der Waals surface area contributed by atoms with Gasteiger partial charge in [0.15, 0.2) is 0 Å². The van der Waals surface area contributed by atoms with Crippen molar-refractivity contribution < 1.29 is 5.11 Å². The fourth-order valence-electron chi connectivity index (χ4n) is 2.59. The molecule has 0 heterocycles. The minimum Gasteiger partial charge on any atom is -0.507 e. The lowest BCUT2D eigenvalue weighted by molar-refractivity contribution is 0.258. The van der Waals surface area contributed by atoms with E-state index in [0.29, 0.717) is 5.56 Å². The average molecular weight is 304 g/mol. The Morgan fingerprint density at radius 1 is 1.14 bits per heavy atom. The number of phenols is 1. The summed E-state index contributed by atoms with van der Waals surface area (Å²) in [7, 11) is 0. The Morgan fingerprint density at radius 3 is 2.32 bits per heavy atom. The normalized spacial score (nSPS) is 11.9. The summed E-state index contributed by atoms with van der Waals surface area (Å²) in [5, 5.41) is 18.0. The zero-order valence-corrected chi connectivity index (χ0v) is 14.9. The molecule has 0 aromatic heterocycles. The van der Waals surface area contributed by atoms with Crippen LogP contribution in [0.1, 0.15) is 70.6 Å². The smallest absolute Gasteiger partial charge is 0.128 e. The largest absolute Gasteiger partial charge is 0.507 e. The third kappa shape index (κ3) is 5.13. The van der Waals surface area contributed by atoms with Gasteiger partial charge < -0.3 is 10.5 Å². The van der Waals surface area contributed by atoms with Gasteiger partial charge in [0.25, 0.3) is 0 Å². The molecule has 0 fully saturated rings. The van der Waals surface area contributed by atoms with E-state index in [1.807, 2.05) is 6.07 Å². The van der Waals surface area contributed by atoms with Crippen LogP contribution in [0.15, 0.2) is 12.1 Å². The molecule has 0 spiro atoms. The summed E-state index contributed by atoms with van der Waals surface area (Å²) in [6.07, 6.45) is 4.72. The third-order valence-electron chi connectivity index (χ3n) is 4.00. The number of hydrogen-bond acceptors (Lipinski definition) is 3. The Bertz CT molecular complexity index is 489. The second-order valence-corrected chi connectivity index (χ2v) is 7.10. The maximum Gasteiger partial charge on any atom is 0.128 e. The van der Waals surface area contributed by atoms with E-state index in [-0.39, 0.29) is 11.2 Å². The van der Waals surface area contributed by atoms with Crippen LogP contribution in [0.3, 0.4) is 0 Å². The predicted molar refractivity (Wildman–Crippen MR) is 95.2 cm³/mol. The first-order valence-electron chi connectivity index (χ1n) is 8.42. The van der Waals surface area contributed by atoms with E-state index < -0.39 is 0 Å². The molecule has 1 aromatic rings. The second kappa shape index (κ2) is 8.33. The number of aromatic hydroxyl groups is 1. The van der Waals surface area contributed by atoms with Crippen LogP contribution in [-0.4, -0.2) is 29.3 Å². The van der Waals surface area contributed by atoms with Crippen molar-refractivity contribution in [2.75, 3.05) is 13.1 Å². The Balaban J connectivity index is 3.12. The molecule has 0 saturated carbocycles. The van der Waals surface area contributed by atoms with E-state index in [0.717, 1.165) is 31.6 Å². The fourth-order valence-corrected chi connectivity index (χ4v) is 2.59. The number of nitrogens with one attached hydrogen (secondary N) is 1. The fraction of sp³-hybridized carbons (Fsp3) is 0.632. The molecule has 3 nitrogen and oxygen atoms in total. The lowest BCUT2D eigenvalue weighted by Crippen LogP contribution is -2.25. The van der Waals surface area contributed by atoms with Crippen molar-refractivity contribution in [1.82, 2.24) is 4.90 Å². The van der Waals surface area contributed by atoms with Gasteiger partial charge in [0, 0.05) is 23.9 Å². The highest BCUT2D eigenvalue weighted by Crippen LogP contribution is 2.31. The average Bonchev–Trinajstić information content (AvgIpc) is 2.45. The number of nitrogens with zero attached hydrogens (tertiary/aromatic N) is 1. The zero-order chi connectivity index (χ0) is 16.8. The summed E-state index contributed by atoms with van der Waals surface area (Å²) >= 11 is 0. The molecule has 124 valence electrons. The van der Waals surface area contributed by atoms with Gasteiger partial charge in [0.2, 0.25) is 0 Å². The molecule has 1 rings (SSSR count). The van der Waals surface area contributed by atoms with Crippen LogP contribution in [0.4, 0.5) is 0 Å². The van der Waals surface area contributed by atoms with Gasteiger partial charge >= 0.3 is 0 Å². The van der Waals surface area contributed by atoms with Crippen LogP contribution in [0, 0.1) is 5.41 Å². The van der Waals surface area contributed by atoms with Gasteiger partial charge in [-0.2, -0.15) is 0 Å². The number of unbranched alkanes of at least 4 members (excludes halogenated alkanes) is 1. The SMILES string of the molecule is CCCCN(CCC)Cc1cc(C(C)(C)C)cc(C=N)c1O. The van der Waals surface area contributed by atoms with Crippen molar-refractivity contribution in [3.05, 3.63) is 28.8 Å². The Morgan fingerprint density at radius 2 is 1.82 bits per heavy atom. The molecule has 2 N–H and O–H groups in total. The van der Waals surface area contributed by atoms with Crippen LogP contribution >= 0.6 is 0 Å². The summed E-state index contributed by atoms with van der Waals surface area (Å²) in [4.78, 5) is 2.40. The van der Waals surface area contributed by atoms with Crippen molar-refractivity contribution >= 4 is 6.21 Å². The zero-order valence-electron chi connectivity index (χ0n) is 14.9. The Labute approximate surface area is 135 Å². The van der Waals surface area contributed by atoms with Gasteiger partial charge in [-0.25, -0.2) is 0 Å². The molecule has 0 aliphatic carbocycles. The molecule has 1 aromatic carbocycles. The molecule has 0 radical (unpaired) electrons. The van der Waals surface area contributed by atoms with E-state index >= 15 is 0 Å². The highest BCUT2D eigenvalue weighted by atomic mass is 16.3. The maximum atomic E-state index is 10.4. The van der Waals surface area contributed by atoms with Gasteiger partial charge in [-0.3, -0.25) is 4.90 Å². The van der Waals surface area contributed by atoms with Crippen molar-refractivity contribution in [3.63, 3.8) is 0 Å². The summed E-state index contributed by atoms with van der Waals surface area (Å²) in [5.41, 5.74) is 2.75.